The summed E-state index contributed by atoms with van der Waals surface area (Å²) in [6.45, 7) is 4.43. The number of nitrogens with two attached hydrogens (primary N) is 2. The monoisotopic (exact) mass is 325 g/mol. The molecular formula is C16H36N3NaO2. The number of carboxylic acids is 1. The fourth-order valence-electron chi connectivity index (χ4n) is 2.44. The second-order valence-electron chi connectivity index (χ2n) is 6.22. The summed E-state index contributed by atoms with van der Waals surface area (Å²) >= 11 is 0. The quantitative estimate of drug-likeness (QED) is 0.237. The third-order valence-electron chi connectivity index (χ3n) is 3.79. The van der Waals surface area contributed by atoms with E-state index >= 15 is 0 Å². The Morgan fingerprint density at radius 2 is 1.41 bits per heavy atom. The van der Waals surface area contributed by atoms with Crippen LogP contribution in [0, 0.1) is 0 Å². The van der Waals surface area contributed by atoms with Crippen LogP contribution in [0.5, 0.6) is 0 Å². The van der Waals surface area contributed by atoms with Gasteiger partial charge in [0, 0.05) is 6.54 Å². The Morgan fingerprint density at radius 3 is 1.77 bits per heavy atom. The molecule has 128 valence electrons. The number of rotatable bonds is 14. The maximum atomic E-state index is 10.8. The van der Waals surface area contributed by atoms with E-state index in [0.29, 0.717) is 6.54 Å². The summed E-state index contributed by atoms with van der Waals surface area (Å²) in [5.74, 6) is -1.94. The maximum absolute atomic E-state index is 10.8. The molecular weight excluding hydrogens is 289 g/mol. The number of unbranched alkanes of at least 4 members (excludes halogenated alkanes) is 9. The Balaban J connectivity index is -0.00000200. The van der Waals surface area contributed by atoms with Gasteiger partial charge in [-0.25, -0.2) is 0 Å². The molecule has 0 rings (SSSR count). The summed E-state index contributed by atoms with van der Waals surface area (Å²) in [7, 11) is 0. The molecule has 0 heterocycles. The van der Waals surface area contributed by atoms with Crippen molar-refractivity contribution in [3.63, 3.8) is 0 Å². The molecule has 0 aromatic heterocycles. The van der Waals surface area contributed by atoms with E-state index in [1.807, 2.05) is 0 Å². The van der Waals surface area contributed by atoms with Gasteiger partial charge in [0.05, 0.1) is 6.54 Å². The second kappa shape index (κ2) is 14.9. The van der Waals surface area contributed by atoms with Crippen molar-refractivity contribution in [3.8, 4) is 0 Å². The van der Waals surface area contributed by atoms with Gasteiger partial charge in [0.2, 0.25) is 0 Å². The van der Waals surface area contributed by atoms with Crippen molar-refractivity contribution in [2.24, 2.45) is 11.5 Å². The zero-order chi connectivity index (χ0) is 16.1. The molecule has 22 heavy (non-hydrogen) atoms. The summed E-state index contributed by atoms with van der Waals surface area (Å²) in [6.07, 6.45) is 12.6. The first-order valence-electron chi connectivity index (χ1n) is 8.42. The first kappa shape index (κ1) is 24.6. The van der Waals surface area contributed by atoms with Crippen LogP contribution in [0.25, 0.3) is 0 Å². The van der Waals surface area contributed by atoms with Crippen molar-refractivity contribution in [2.75, 3.05) is 13.1 Å². The molecule has 0 saturated carbocycles. The van der Waals surface area contributed by atoms with Gasteiger partial charge in [-0.15, -0.1) is 0 Å². The number of carbonyl (C=O) groups is 1. The molecule has 0 aliphatic rings. The van der Waals surface area contributed by atoms with Gasteiger partial charge in [-0.2, -0.15) is 0 Å². The number of carboxylic acid groups (broad SMARTS) is 1. The van der Waals surface area contributed by atoms with Crippen molar-refractivity contribution < 1.29 is 40.9 Å². The first-order chi connectivity index (χ1) is 9.88. The first-order valence-corrected chi connectivity index (χ1v) is 8.42. The van der Waals surface area contributed by atoms with Crippen molar-refractivity contribution in [2.45, 2.75) is 83.8 Å². The van der Waals surface area contributed by atoms with Crippen molar-refractivity contribution >= 4 is 5.97 Å². The minimum absolute atomic E-state index is 0. The average molecular weight is 325 g/mol. The molecule has 5 nitrogen and oxygen atoms in total. The Bertz CT molecular complexity index is 277. The van der Waals surface area contributed by atoms with Crippen LogP contribution in [0.3, 0.4) is 0 Å². The zero-order valence-electron chi connectivity index (χ0n) is 15.9. The molecule has 0 amide bonds. The molecule has 0 aromatic carbocycles. The number of hydrogen-bond donors (Lipinski definition) is 3. The Hall–Kier alpha value is 0.350. The largest absolute Gasteiger partial charge is 1.00 e. The minimum atomic E-state index is -1.06. The zero-order valence-corrected chi connectivity index (χ0v) is 16.9. The Kier molecular flexibility index (Phi) is 16.7. The van der Waals surface area contributed by atoms with E-state index in [1.54, 1.807) is 11.8 Å². The van der Waals surface area contributed by atoms with Crippen molar-refractivity contribution in [3.05, 3.63) is 0 Å². The summed E-state index contributed by atoms with van der Waals surface area (Å²) in [4.78, 5) is 12.4. The van der Waals surface area contributed by atoms with Crippen LogP contribution in [0.15, 0.2) is 0 Å². The molecule has 0 atom stereocenters. The summed E-state index contributed by atoms with van der Waals surface area (Å²) < 4.78 is 0. The third-order valence-corrected chi connectivity index (χ3v) is 3.79. The van der Waals surface area contributed by atoms with Gasteiger partial charge in [-0.05, 0) is 13.3 Å². The van der Waals surface area contributed by atoms with Gasteiger partial charge in [0.15, 0.2) is 0 Å². The van der Waals surface area contributed by atoms with E-state index in [2.05, 4.69) is 6.92 Å². The molecule has 0 aliphatic heterocycles. The third kappa shape index (κ3) is 15.3. The number of hydrogen-bond acceptors (Lipinski definition) is 4. The number of aliphatic carboxylic acids is 1. The number of nitrogens with zero attached hydrogens (tertiary/aromatic N) is 1. The molecule has 0 aliphatic carbocycles. The summed E-state index contributed by atoms with van der Waals surface area (Å²) in [5.41, 5.74) is 11.6. The second-order valence-corrected chi connectivity index (χ2v) is 6.22. The average Bonchev–Trinajstić information content (AvgIpc) is 2.38. The van der Waals surface area contributed by atoms with Gasteiger partial charge < -0.3 is 18.0 Å². The van der Waals surface area contributed by atoms with Crippen LogP contribution < -0.4 is 41.0 Å². The normalized spacial score (nSPS) is 11.5. The van der Waals surface area contributed by atoms with Crippen molar-refractivity contribution in [1.29, 1.82) is 0 Å². The minimum Gasteiger partial charge on any atom is -1.00 e. The maximum Gasteiger partial charge on any atom is 1.00 e. The van der Waals surface area contributed by atoms with Gasteiger partial charge in [-0.3, -0.25) is 9.69 Å². The molecule has 0 saturated heterocycles. The molecule has 6 heteroatoms. The van der Waals surface area contributed by atoms with Crippen LogP contribution in [0.1, 0.15) is 79.5 Å². The fourth-order valence-corrected chi connectivity index (χ4v) is 2.44. The molecule has 0 fully saturated rings. The van der Waals surface area contributed by atoms with E-state index in [4.69, 9.17) is 16.6 Å². The predicted molar refractivity (Wildman–Crippen MR) is 88.9 cm³/mol. The fraction of sp³-hybridized carbons (Fsp3) is 0.938. The van der Waals surface area contributed by atoms with Crippen LogP contribution in [-0.2, 0) is 4.79 Å². The van der Waals surface area contributed by atoms with E-state index in [0.717, 1.165) is 12.8 Å². The Morgan fingerprint density at radius 1 is 1.00 bits per heavy atom. The van der Waals surface area contributed by atoms with Crippen LogP contribution in [0.4, 0.5) is 0 Å². The predicted octanol–water partition coefficient (Wildman–Crippen LogP) is 0.00150. The molecule has 0 aromatic rings. The molecule has 0 bridgehead atoms. The molecule has 5 N–H and O–H groups in total. The SMILES string of the molecule is CCCCCCCCCCCCN(CC(=O)O)C(C)(N)N.[H-].[Na+]. The van der Waals surface area contributed by atoms with Crippen LogP contribution in [0.2, 0.25) is 0 Å². The van der Waals surface area contributed by atoms with Crippen molar-refractivity contribution in [1.82, 2.24) is 4.90 Å². The van der Waals surface area contributed by atoms with Crippen LogP contribution in [-0.4, -0.2) is 34.9 Å². The topological polar surface area (TPSA) is 92.6 Å². The van der Waals surface area contributed by atoms with E-state index in [1.165, 1.54) is 51.4 Å². The van der Waals surface area contributed by atoms with Gasteiger partial charge in [-0.1, -0.05) is 64.7 Å². The van der Waals surface area contributed by atoms with E-state index in [9.17, 15) is 4.79 Å². The Labute approximate surface area is 160 Å². The van der Waals surface area contributed by atoms with Gasteiger partial charge in [0.1, 0.15) is 5.79 Å². The summed E-state index contributed by atoms with van der Waals surface area (Å²) in [6, 6.07) is 0. The molecule has 0 radical (unpaired) electrons. The standard InChI is InChI=1S/C16H35N3O2.Na.H/c1-3-4-5-6-7-8-9-10-11-12-13-19(14-15(20)21)16(2,17)18;;/h3-14,17-18H2,1-2H3,(H,20,21);;/q;+1;-1. The smallest absolute Gasteiger partial charge is 1.00 e. The van der Waals surface area contributed by atoms with E-state index < -0.39 is 11.8 Å². The summed E-state index contributed by atoms with van der Waals surface area (Å²) in [5, 5.41) is 8.86. The van der Waals surface area contributed by atoms with Gasteiger partial charge in [0.25, 0.3) is 0 Å². The van der Waals surface area contributed by atoms with E-state index in [-0.39, 0.29) is 37.5 Å². The van der Waals surface area contributed by atoms with Gasteiger partial charge >= 0.3 is 35.5 Å². The molecule has 0 unspecified atom stereocenters. The molecule has 0 spiro atoms. The van der Waals surface area contributed by atoms with Crippen LogP contribution >= 0.6 is 0 Å².